The van der Waals surface area contributed by atoms with Gasteiger partial charge < -0.3 is 30.9 Å². The maximum atomic E-state index is 10.2. The van der Waals surface area contributed by atoms with Crippen LogP contribution in [0.5, 0.6) is 5.75 Å². The van der Waals surface area contributed by atoms with Gasteiger partial charge in [0.2, 0.25) is 0 Å². The van der Waals surface area contributed by atoms with Crippen LogP contribution in [0.15, 0.2) is 24.3 Å². The zero-order chi connectivity index (χ0) is 15.6. The molecule has 0 aliphatic rings. The fraction of sp³-hybridized carbons (Fsp3) is 0.462. The molecule has 7 heteroatoms. The lowest BCUT2D eigenvalue weighted by Crippen LogP contribution is -2.50. The van der Waals surface area contributed by atoms with Gasteiger partial charge in [0.1, 0.15) is 5.75 Å². The van der Waals surface area contributed by atoms with E-state index in [-0.39, 0.29) is 6.61 Å². The molecule has 0 fully saturated rings. The van der Waals surface area contributed by atoms with Gasteiger partial charge in [-0.25, -0.2) is 4.79 Å². The van der Waals surface area contributed by atoms with Gasteiger partial charge in [0.25, 0.3) is 0 Å². The Kier molecular flexibility index (Phi) is 8.49. The number of ether oxygens (including phenoxy) is 1. The van der Waals surface area contributed by atoms with Crippen molar-refractivity contribution in [2.75, 3.05) is 26.4 Å². The molecule has 114 valence electrons. The van der Waals surface area contributed by atoms with E-state index in [1.54, 1.807) is 6.07 Å². The van der Waals surface area contributed by atoms with Crippen molar-refractivity contribution in [3.05, 3.63) is 29.8 Å². The van der Waals surface area contributed by atoms with Crippen LogP contribution in [0.2, 0.25) is 0 Å². The third-order valence-electron chi connectivity index (χ3n) is 2.39. The molecule has 0 aliphatic heterocycles. The number of carboxylic acids is 1. The molecule has 6 N–H and O–H groups in total. The number of carbonyl (C=O) groups is 1. The van der Waals surface area contributed by atoms with Crippen molar-refractivity contribution in [2.45, 2.75) is 12.5 Å². The van der Waals surface area contributed by atoms with Crippen molar-refractivity contribution in [3.8, 4) is 5.75 Å². The molecule has 0 spiro atoms. The number of benzene rings is 1. The van der Waals surface area contributed by atoms with Crippen molar-refractivity contribution in [1.82, 2.24) is 0 Å². The minimum absolute atomic E-state index is 0.287. The number of carboxylic acid groups (broad SMARTS) is 1. The Bertz CT molecular complexity index is 397. The van der Waals surface area contributed by atoms with E-state index in [9.17, 15) is 4.79 Å². The van der Waals surface area contributed by atoms with Gasteiger partial charge in [-0.15, -0.1) is 0 Å². The quantitative estimate of drug-likeness (QED) is 0.458. The predicted molar refractivity (Wildman–Crippen MR) is 72.5 cm³/mol. The molecule has 0 saturated carbocycles. The summed E-state index contributed by atoms with van der Waals surface area (Å²) in [5.41, 5.74) is 4.88. The molecule has 7 nitrogen and oxygen atoms in total. The van der Waals surface area contributed by atoms with Crippen LogP contribution >= 0.6 is 0 Å². The summed E-state index contributed by atoms with van der Waals surface area (Å²) in [6.45, 7) is 0.377. The van der Waals surface area contributed by atoms with Crippen molar-refractivity contribution < 1.29 is 30.0 Å². The molecule has 0 bridgehead atoms. The second-order valence-corrected chi connectivity index (χ2v) is 4.28. The third-order valence-corrected chi connectivity index (χ3v) is 2.39. The molecular formula is C13H21NO6. The Balaban J connectivity index is 0.000000396. The van der Waals surface area contributed by atoms with Crippen molar-refractivity contribution in [2.24, 2.45) is 5.73 Å². The molecule has 0 saturated heterocycles. The number of aliphatic hydroxyl groups is 3. The van der Waals surface area contributed by atoms with Crippen molar-refractivity contribution >= 4 is 5.97 Å². The van der Waals surface area contributed by atoms with E-state index in [4.69, 9.17) is 30.9 Å². The average Bonchev–Trinajstić information content (AvgIpc) is 2.46. The average molecular weight is 287 g/mol. The Morgan fingerprint density at radius 1 is 1.20 bits per heavy atom. The Labute approximate surface area is 117 Å². The molecule has 0 amide bonds. The van der Waals surface area contributed by atoms with Crippen LogP contribution in [-0.4, -0.2) is 58.4 Å². The smallest absolute Gasteiger partial charge is 0.341 e. The topological polar surface area (TPSA) is 133 Å². The number of aliphatic carboxylic acids is 1. The van der Waals surface area contributed by atoms with E-state index in [1.165, 1.54) is 0 Å². The van der Waals surface area contributed by atoms with E-state index < -0.39 is 31.3 Å². The molecule has 1 rings (SSSR count). The number of nitrogens with two attached hydrogens (primary N) is 1. The first kappa shape index (κ1) is 18.3. The highest BCUT2D eigenvalue weighted by Gasteiger charge is 2.20. The Morgan fingerprint density at radius 3 is 2.05 bits per heavy atom. The van der Waals surface area contributed by atoms with E-state index >= 15 is 0 Å². The van der Waals surface area contributed by atoms with Gasteiger partial charge in [0, 0.05) is 0 Å². The summed E-state index contributed by atoms with van der Waals surface area (Å²) in [5.74, 6) is -0.335. The van der Waals surface area contributed by atoms with E-state index in [2.05, 4.69) is 0 Å². The molecule has 0 radical (unpaired) electrons. The van der Waals surface area contributed by atoms with Crippen molar-refractivity contribution in [3.63, 3.8) is 0 Å². The first-order chi connectivity index (χ1) is 9.38. The van der Waals surface area contributed by atoms with Crippen LogP contribution < -0.4 is 10.5 Å². The van der Waals surface area contributed by atoms with Gasteiger partial charge in [-0.05, 0) is 18.6 Å². The van der Waals surface area contributed by atoms with E-state index in [0.717, 1.165) is 5.56 Å². The van der Waals surface area contributed by atoms with E-state index in [0.29, 0.717) is 5.75 Å². The standard InChI is InChI=1S/C9H10O3.C4H11NO3/c1-7-4-2-3-5-8(7)12-6-9(10)11;5-4(1-6,2-7)3-8/h2-5H,6H2,1H3,(H,10,11);6-8H,1-3,5H2. The number of hydrogen-bond acceptors (Lipinski definition) is 6. The van der Waals surface area contributed by atoms with Gasteiger partial charge in [0.15, 0.2) is 6.61 Å². The summed E-state index contributed by atoms with van der Waals surface area (Å²) in [6.07, 6.45) is 0. The summed E-state index contributed by atoms with van der Waals surface area (Å²) in [5, 5.41) is 33.4. The molecule has 1 aromatic carbocycles. The highest BCUT2D eigenvalue weighted by Crippen LogP contribution is 2.15. The largest absolute Gasteiger partial charge is 0.482 e. The molecule has 1 aromatic rings. The van der Waals surface area contributed by atoms with E-state index in [1.807, 2.05) is 25.1 Å². The summed E-state index contributed by atoms with van der Waals surface area (Å²) < 4.78 is 5.00. The Hall–Kier alpha value is -1.67. The van der Waals surface area contributed by atoms with Crippen LogP contribution in [0.25, 0.3) is 0 Å². The zero-order valence-electron chi connectivity index (χ0n) is 11.3. The first-order valence-corrected chi connectivity index (χ1v) is 5.90. The lowest BCUT2D eigenvalue weighted by molar-refractivity contribution is -0.139. The number of aliphatic hydroxyl groups excluding tert-OH is 3. The molecule has 0 aromatic heterocycles. The summed E-state index contributed by atoms with van der Waals surface area (Å²) >= 11 is 0. The third kappa shape index (κ3) is 7.05. The normalized spacial score (nSPS) is 10.4. The van der Waals surface area contributed by atoms with Crippen LogP contribution in [0.3, 0.4) is 0 Å². The molecular weight excluding hydrogens is 266 g/mol. The van der Waals surface area contributed by atoms with Crippen LogP contribution in [0.1, 0.15) is 5.56 Å². The number of hydrogen-bond donors (Lipinski definition) is 5. The number of aryl methyl sites for hydroxylation is 1. The van der Waals surface area contributed by atoms with Gasteiger partial charge in [-0.1, -0.05) is 18.2 Å². The summed E-state index contributed by atoms with van der Waals surface area (Å²) in [6, 6.07) is 7.31. The van der Waals surface area contributed by atoms with Crippen LogP contribution in [0.4, 0.5) is 0 Å². The maximum Gasteiger partial charge on any atom is 0.341 e. The van der Waals surface area contributed by atoms with Crippen LogP contribution in [-0.2, 0) is 4.79 Å². The lowest BCUT2D eigenvalue weighted by atomic mass is 10.1. The number of para-hydroxylation sites is 1. The monoisotopic (exact) mass is 287 g/mol. The second-order valence-electron chi connectivity index (χ2n) is 4.28. The molecule has 0 heterocycles. The fourth-order valence-corrected chi connectivity index (χ4v) is 1.01. The SMILES string of the molecule is Cc1ccccc1OCC(=O)O.NC(CO)(CO)CO. The minimum Gasteiger partial charge on any atom is -0.482 e. The Morgan fingerprint density at radius 2 is 1.70 bits per heavy atom. The highest BCUT2D eigenvalue weighted by molar-refractivity contribution is 5.68. The predicted octanol–water partition coefficient (Wildman–Crippen LogP) is -0.881. The molecule has 20 heavy (non-hydrogen) atoms. The van der Waals surface area contributed by atoms with Gasteiger partial charge in [-0.2, -0.15) is 0 Å². The fourth-order valence-electron chi connectivity index (χ4n) is 1.01. The van der Waals surface area contributed by atoms with Crippen LogP contribution in [0, 0.1) is 6.92 Å². The zero-order valence-corrected chi connectivity index (χ0v) is 11.3. The lowest BCUT2D eigenvalue weighted by Gasteiger charge is -2.20. The number of rotatable bonds is 6. The molecule has 0 atom stereocenters. The van der Waals surface area contributed by atoms with Crippen molar-refractivity contribution in [1.29, 1.82) is 0 Å². The van der Waals surface area contributed by atoms with Gasteiger partial charge >= 0.3 is 5.97 Å². The van der Waals surface area contributed by atoms with Gasteiger partial charge in [-0.3, -0.25) is 0 Å². The minimum atomic E-state index is -1.21. The summed E-state index contributed by atoms with van der Waals surface area (Å²) in [4.78, 5) is 10.2. The molecule has 0 unspecified atom stereocenters. The maximum absolute atomic E-state index is 10.2. The highest BCUT2D eigenvalue weighted by atomic mass is 16.5. The summed E-state index contributed by atoms with van der Waals surface area (Å²) in [7, 11) is 0. The van der Waals surface area contributed by atoms with Gasteiger partial charge in [0.05, 0.1) is 25.4 Å². The first-order valence-electron chi connectivity index (χ1n) is 5.90. The molecule has 0 aliphatic carbocycles. The second kappa shape index (κ2) is 9.27.